The topological polar surface area (TPSA) is 40.5 Å². The normalized spacial score (nSPS) is 19.2. The van der Waals surface area contributed by atoms with Crippen molar-refractivity contribution in [1.82, 2.24) is 4.90 Å². The van der Waals surface area contributed by atoms with Gasteiger partial charge in [0.05, 0.1) is 4.91 Å². The van der Waals surface area contributed by atoms with Crippen LogP contribution in [0.1, 0.15) is 5.56 Å². The number of thioether (sulfide) groups is 1. The fourth-order valence-corrected chi connectivity index (χ4v) is 2.55. The molecule has 1 aliphatic heterocycles. The van der Waals surface area contributed by atoms with Gasteiger partial charge in [0.2, 0.25) is 0 Å². The minimum Gasteiger partial charge on any atom is -0.508 e. The van der Waals surface area contributed by atoms with Crippen LogP contribution in [0.4, 0.5) is 0 Å². The minimum atomic E-state index is 0.0734. The Labute approximate surface area is 98.8 Å². The maximum Gasteiger partial charge on any atom is 0.260 e. The molecule has 1 N–H and O–H groups in total. The van der Waals surface area contributed by atoms with Crippen molar-refractivity contribution in [2.45, 2.75) is 0 Å². The Morgan fingerprint density at radius 2 is 2.06 bits per heavy atom. The largest absolute Gasteiger partial charge is 0.508 e. The summed E-state index contributed by atoms with van der Waals surface area (Å²) < 4.78 is 0. The molecular weight excluding hydrogens is 222 g/mol. The van der Waals surface area contributed by atoms with Crippen LogP contribution in [0, 0.1) is 0 Å². The first-order chi connectivity index (χ1) is 7.66. The second kappa shape index (κ2) is 4.61. The number of likely N-dealkylation sites (N-methyl/N-ethyl adjacent to an activating group) is 1. The van der Waals surface area contributed by atoms with Crippen LogP contribution in [0.15, 0.2) is 29.2 Å². The van der Waals surface area contributed by atoms with E-state index >= 15 is 0 Å². The standard InChI is InChI=1S/C12H13NO2S/c1-13-6-7-16-11(12(13)15)8-9-2-4-10(14)5-3-9/h2-5,8,14H,6-7H2,1H3/b11-8-. The maximum atomic E-state index is 11.8. The summed E-state index contributed by atoms with van der Waals surface area (Å²) in [5.74, 6) is 1.25. The molecule has 0 aromatic heterocycles. The van der Waals surface area contributed by atoms with Crippen molar-refractivity contribution < 1.29 is 9.90 Å². The molecule has 1 heterocycles. The highest BCUT2D eigenvalue weighted by atomic mass is 32.2. The number of aromatic hydroxyl groups is 1. The van der Waals surface area contributed by atoms with Gasteiger partial charge in [0, 0.05) is 19.3 Å². The first-order valence-corrected chi connectivity index (χ1v) is 6.04. The van der Waals surface area contributed by atoms with Crippen LogP contribution in [0.2, 0.25) is 0 Å². The predicted molar refractivity (Wildman–Crippen MR) is 66.2 cm³/mol. The molecule has 16 heavy (non-hydrogen) atoms. The van der Waals surface area contributed by atoms with Gasteiger partial charge in [0.15, 0.2) is 0 Å². The zero-order chi connectivity index (χ0) is 11.5. The lowest BCUT2D eigenvalue weighted by Gasteiger charge is -2.23. The first kappa shape index (κ1) is 11.1. The lowest BCUT2D eigenvalue weighted by Crippen LogP contribution is -2.33. The predicted octanol–water partition coefficient (Wildman–Crippen LogP) is 1.94. The summed E-state index contributed by atoms with van der Waals surface area (Å²) in [5, 5.41) is 9.16. The number of hydrogen-bond donors (Lipinski definition) is 1. The van der Waals surface area contributed by atoms with Crippen molar-refractivity contribution in [3.05, 3.63) is 34.7 Å². The van der Waals surface area contributed by atoms with Crippen molar-refractivity contribution in [3.63, 3.8) is 0 Å². The fraction of sp³-hybridized carbons (Fsp3) is 0.250. The average Bonchev–Trinajstić information content (AvgIpc) is 2.28. The molecule has 1 aromatic carbocycles. The summed E-state index contributed by atoms with van der Waals surface area (Å²) in [4.78, 5) is 14.3. The second-order valence-electron chi connectivity index (χ2n) is 3.68. The van der Waals surface area contributed by atoms with Gasteiger partial charge in [-0.25, -0.2) is 0 Å². The van der Waals surface area contributed by atoms with Gasteiger partial charge in [-0.1, -0.05) is 12.1 Å². The summed E-state index contributed by atoms with van der Waals surface area (Å²) in [6, 6.07) is 6.83. The molecule has 1 saturated heterocycles. The molecule has 2 rings (SSSR count). The first-order valence-electron chi connectivity index (χ1n) is 5.06. The zero-order valence-electron chi connectivity index (χ0n) is 9.01. The number of phenols is 1. The van der Waals surface area contributed by atoms with Crippen LogP contribution in [0.5, 0.6) is 5.75 Å². The van der Waals surface area contributed by atoms with Gasteiger partial charge in [-0.15, -0.1) is 11.8 Å². The lowest BCUT2D eigenvalue weighted by molar-refractivity contribution is -0.125. The number of rotatable bonds is 1. The third-order valence-electron chi connectivity index (χ3n) is 2.43. The molecule has 0 radical (unpaired) electrons. The van der Waals surface area contributed by atoms with Crippen LogP contribution in [-0.4, -0.2) is 35.3 Å². The number of amides is 1. The Kier molecular flexibility index (Phi) is 3.19. The second-order valence-corrected chi connectivity index (χ2v) is 4.81. The molecule has 0 saturated carbocycles. The monoisotopic (exact) mass is 235 g/mol. The van der Waals surface area contributed by atoms with E-state index in [4.69, 9.17) is 5.11 Å². The van der Waals surface area contributed by atoms with Crippen LogP contribution in [0.3, 0.4) is 0 Å². The van der Waals surface area contributed by atoms with Gasteiger partial charge in [0.1, 0.15) is 5.75 Å². The average molecular weight is 235 g/mol. The lowest BCUT2D eigenvalue weighted by atomic mass is 10.2. The quantitative estimate of drug-likeness (QED) is 0.756. The summed E-state index contributed by atoms with van der Waals surface area (Å²) in [5.41, 5.74) is 0.934. The molecule has 1 fully saturated rings. The van der Waals surface area contributed by atoms with Crippen LogP contribution in [0.25, 0.3) is 6.08 Å². The van der Waals surface area contributed by atoms with E-state index in [2.05, 4.69) is 0 Å². The van der Waals surface area contributed by atoms with Crippen LogP contribution in [-0.2, 0) is 4.79 Å². The Bertz CT molecular complexity index is 425. The van der Waals surface area contributed by atoms with Gasteiger partial charge < -0.3 is 10.0 Å². The highest BCUT2D eigenvalue weighted by molar-refractivity contribution is 8.04. The van der Waals surface area contributed by atoms with Gasteiger partial charge in [-0.3, -0.25) is 4.79 Å². The third-order valence-corrected chi connectivity index (χ3v) is 3.42. The highest BCUT2D eigenvalue weighted by Crippen LogP contribution is 2.25. The van der Waals surface area contributed by atoms with Gasteiger partial charge in [0.25, 0.3) is 5.91 Å². The summed E-state index contributed by atoms with van der Waals surface area (Å²) >= 11 is 1.58. The van der Waals surface area contributed by atoms with E-state index in [0.29, 0.717) is 0 Å². The maximum absolute atomic E-state index is 11.8. The molecule has 1 aromatic rings. The summed E-state index contributed by atoms with van der Waals surface area (Å²) in [6.07, 6.45) is 1.86. The van der Waals surface area contributed by atoms with Crippen molar-refractivity contribution in [3.8, 4) is 5.75 Å². The van der Waals surface area contributed by atoms with E-state index in [1.54, 1.807) is 40.9 Å². The highest BCUT2D eigenvalue weighted by Gasteiger charge is 2.20. The minimum absolute atomic E-state index is 0.0734. The van der Waals surface area contributed by atoms with Crippen molar-refractivity contribution in [1.29, 1.82) is 0 Å². The van der Waals surface area contributed by atoms with E-state index in [1.807, 2.05) is 13.1 Å². The fourth-order valence-electron chi connectivity index (χ4n) is 1.47. The molecule has 1 amide bonds. The molecule has 0 bridgehead atoms. The van der Waals surface area contributed by atoms with E-state index in [9.17, 15) is 4.79 Å². The smallest absolute Gasteiger partial charge is 0.260 e. The summed E-state index contributed by atoms with van der Waals surface area (Å²) in [7, 11) is 1.81. The Morgan fingerprint density at radius 1 is 1.38 bits per heavy atom. The van der Waals surface area contributed by atoms with Crippen LogP contribution < -0.4 is 0 Å². The van der Waals surface area contributed by atoms with E-state index in [0.717, 1.165) is 22.8 Å². The molecule has 0 atom stereocenters. The van der Waals surface area contributed by atoms with Crippen LogP contribution >= 0.6 is 11.8 Å². The third kappa shape index (κ3) is 2.39. The number of benzene rings is 1. The number of nitrogens with zero attached hydrogens (tertiary/aromatic N) is 1. The van der Waals surface area contributed by atoms with E-state index < -0.39 is 0 Å². The molecule has 0 aliphatic carbocycles. The number of phenolic OH excluding ortho intramolecular Hbond substituents is 1. The number of carbonyl (C=O) groups excluding carboxylic acids is 1. The molecule has 3 nitrogen and oxygen atoms in total. The van der Waals surface area contributed by atoms with Crippen molar-refractivity contribution in [2.75, 3.05) is 19.3 Å². The molecule has 1 aliphatic rings. The molecular formula is C12H13NO2S. The Balaban J connectivity index is 2.23. The van der Waals surface area contributed by atoms with E-state index in [-0.39, 0.29) is 11.7 Å². The van der Waals surface area contributed by atoms with Gasteiger partial charge in [-0.2, -0.15) is 0 Å². The molecule has 84 valence electrons. The molecule has 0 unspecified atom stereocenters. The van der Waals surface area contributed by atoms with Crippen molar-refractivity contribution >= 4 is 23.7 Å². The Hall–Kier alpha value is -1.42. The molecule has 0 spiro atoms. The van der Waals surface area contributed by atoms with E-state index in [1.165, 1.54) is 0 Å². The number of hydrogen-bond acceptors (Lipinski definition) is 3. The number of carbonyl (C=O) groups is 1. The SMILES string of the molecule is CN1CCS/C(=C\c2ccc(O)cc2)C1=O. The molecule has 4 heteroatoms. The van der Waals surface area contributed by atoms with Gasteiger partial charge >= 0.3 is 0 Å². The van der Waals surface area contributed by atoms with Gasteiger partial charge in [-0.05, 0) is 23.8 Å². The Morgan fingerprint density at radius 3 is 2.75 bits per heavy atom. The summed E-state index contributed by atoms with van der Waals surface area (Å²) in [6.45, 7) is 0.802. The van der Waals surface area contributed by atoms with Crippen molar-refractivity contribution in [2.24, 2.45) is 0 Å². The zero-order valence-corrected chi connectivity index (χ0v) is 9.83.